The number of aliphatic carboxylic acids is 1. The van der Waals surface area contributed by atoms with Crippen molar-refractivity contribution in [3.05, 3.63) is 62.9 Å². The number of aryl methyl sites for hydroxylation is 2. The molecule has 2 aliphatic heterocycles. The summed E-state index contributed by atoms with van der Waals surface area (Å²) < 4.78 is 0. The van der Waals surface area contributed by atoms with Crippen LogP contribution in [0.15, 0.2) is 29.1 Å². The predicted octanol–water partition coefficient (Wildman–Crippen LogP) is 5.27. The molecule has 0 saturated carbocycles. The van der Waals surface area contributed by atoms with E-state index in [2.05, 4.69) is 29.8 Å². The number of carboxylic acid groups (broad SMARTS) is 1. The average molecular weight is 519 g/mol. The molecule has 4 heterocycles. The smallest absolute Gasteiger partial charge is 0.307 e. The summed E-state index contributed by atoms with van der Waals surface area (Å²) in [5, 5.41) is 11.7. The van der Waals surface area contributed by atoms with Crippen LogP contribution in [0.3, 0.4) is 0 Å². The summed E-state index contributed by atoms with van der Waals surface area (Å²) in [6.45, 7) is 11.4. The second-order valence-corrected chi connectivity index (χ2v) is 11.8. The Kier molecular flexibility index (Phi) is 6.79. The predicted molar refractivity (Wildman–Crippen MR) is 146 cm³/mol. The maximum absolute atomic E-state index is 13.3. The number of carboxylic acids is 1. The zero-order valence-corrected chi connectivity index (χ0v) is 22.8. The van der Waals surface area contributed by atoms with Crippen molar-refractivity contribution >= 4 is 28.9 Å². The Morgan fingerprint density at radius 1 is 1.14 bits per heavy atom. The van der Waals surface area contributed by atoms with Crippen molar-refractivity contribution < 1.29 is 14.7 Å². The number of anilines is 1. The number of piperidine rings is 1. The van der Waals surface area contributed by atoms with Crippen LogP contribution in [0, 0.1) is 19.3 Å². The fourth-order valence-electron chi connectivity index (χ4n) is 5.62. The lowest BCUT2D eigenvalue weighted by atomic mass is 9.82. The number of benzene rings is 1. The van der Waals surface area contributed by atoms with E-state index in [1.54, 1.807) is 5.51 Å². The number of rotatable bonds is 6. The highest BCUT2D eigenvalue weighted by molar-refractivity contribution is 7.07. The van der Waals surface area contributed by atoms with E-state index >= 15 is 0 Å². The van der Waals surface area contributed by atoms with Crippen LogP contribution in [0.2, 0.25) is 0 Å². The van der Waals surface area contributed by atoms with Crippen LogP contribution in [0.5, 0.6) is 0 Å². The summed E-state index contributed by atoms with van der Waals surface area (Å²) in [5.41, 5.74) is 10.2. The van der Waals surface area contributed by atoms with E-state index in [1.807, 2.05) is 36.3 Å². The molecule has 2 aromatic heterocycles. The molecule has 7 nitrogen and oxygen atoms in total. The third-order valence-corrected chi connectivity index (χ3v) is 8.45. The largest absolute Gasteiger partial charge is 0.481 e. The Bertz CT molecular complexity index is 1340. The Labute approximate surface area is 222 Å². The van der Waals surface area contributed by atoms with E-state index in [0.717, 1.165) is 82.9 Å². The van der Waals surface area contributed by atoms with Crippen molar-refractivity contribution in [1.29, 1.82) is 0 Å². The molecule has 0 spiro atoms. The monoisotopic (exact) mass is 518 g/mol. The molecular formula is C29H34N4O3S. The van der Waals surface area contributed by atoms with Gasteiger partial charge in [-0.2, -0.15) is 0 Å². The fourth-order valence-corrected chi connectivity index (χ4v) is 6.17. The van der Waals surface area contributed by atoms with Gasteiger partial charge in [0.2, 0.25) is 0 Å². The highest BCUT2D eigenvalue weighted by atomic mass is 32.1. The molecule has 194 valence electrons. The summed E-state index contributed by atoms with van der Waals surface area (Å²) in [5.74, 6) is -0.820. The molecule has 3 aromatic rings. The second-order valence-electron chi connectivity index (χ2n) is 11.0. The van der Waals surface area contributed by atoms with Gasteiger partial charge in [0.15, 0.2) is 0 Å². The maximum Gasteiger partial charge on any atom is 0.307 e. The van der Waals surface area contributed by atoms with Crippen LogP contribution in [0.4, 0.5) is 5.69 Å². The van der Waals surface area contributed by atoms with E-state index in [4.69, 9.17) is 4.98 Å². The molecule has 0 atom stereocenters. The van der Waals surface area contributed by atoms with Gasteiger partial charge in [-0.15, -0.1) is 11.3 Å². The molecule has 1 saturated heterocycles. The van der Waals surface area contributed by atoms with E-state index in [-0.39, 0.29) is 17.7 Å². The number of aromatic nitrogens is 2. The molecule has 37 heavy (non-hydrogen) atoms. The zero-order chi connectivity index (χ0) is 26.3. The summed E-state index contributed by atoms with van der Waals surface area (Å²) in [4.78, 5) is 38.5. The number of carbonyl (C=O) groups is 2. The van der Waals surface area contributed by atoms with Crippen LogP contribution in [0.1, 0.15) is 65.3 Å². The Balaban J connectivity index is 1.55. The van der Waals surface area contributed by atoms with Crippen LogP contribution in [-0.4, -0.2) is 51.5 Å². The molecule has 0 aliphatic carbocycles. The number of thiazole rings is 1. The van der Waals surface area contributed by atoms with E-state index in [9.17, 15) is 14.7 Å². The van der Waals surface area contributed by atoms with Crippen LogP contribution >= 0.6 is 11.3 Å². The molecule has 1 N–H and O–H groups in total. The number of nitrogens with zero attached hydrogens (tertiary/aromatic N) is 4. The molecule has 5 rings (SSSR count). The normalized spacial score (nSPS) is 17.1. The second kappa shape index (κ2) is 9.89. The first-order valence-electron chi connectivity index (χ1n) is 12.9. The van der Waals surface area contributed by atoms with Crippen molar-refractivity contribution in [3.63, 3.8) is 0 Å². The van der Waals surface area contributed by atoms with Crippen LogP contribution < -0.4 is 4.90 Å². The Morgan fingerprint density at radius 3 is 2.57 bits per heavy atom. The van der Waals surface area contributed by atoms with Crippen molar-refractivity contribution in [2.75, 3.05) is 24.5 Å². The minimum absolute atomic E-state index is 0.0320. The van der Waals surface area contributed by atoms with Gasteiger partial charge in [0, 0.05) is 53.1 Å². The van der Waals surface area contributed by atoms with Crippen LogP contribution in [0.25, 0.3) is 11.1 Å². The summed E-state index contributed by atoms with van der Waals surface area (Å²) in [7, 11) is 0. The molecule has 1 fully saturated rings. The van der Waals surface area contributed by atoms with Crippen molar-refractivity contribution in [2.45, 2.75) is 59.9 Å². The zero-order valence-electron chi connectivity index (χ0n) is 22.0. The first-order valence-corrected chi connectivity index (χ1v) is 13.8. The fraction of sp³-hybridized carbons (Fsp3) is 0.448. The minimum Gasteiger partial charge on any atom is -0.481 e. The first-order chi connectivity index (χ1) is 17.6. The molecule has 0 unspecified atom stereocenters. The van der Waals surface area contributed by atoms with Crippen molar-refractivity contribution in [1.82, 2.24) is 14.9 Å². The maximum atomic E-state index is 13.3. The molecular weight excluding hydrogens is 484 g/mol. The highest BCUT2D eigenvalue weighted by Crippen LogP contribution is 2.42. The molecule has 0 bridgehead atoms. The number of pyridine rings is 1. The molecule has 0 radical (unpaired) electrons. The third-order valence-electron chi connectivity index (χ3n) is 7.82. The summed E-state index contributed by atoms with van der Waals surface area (Å²) in [6, 6.07) is 6.05. The van der Waals surface area contributed by atoms with Gasteiger partial charge in [0.1, 0.15) is 0 Å². The van der Waals surface area contributed by atoms with Gasteiger partial charge in [-0.25, -0.2) is 4.98 Å². The number of hydrogen-bond donors (Lipinski definition) is 1. The van der Waals surface area contributed by atoms with Gasteiger partial charge >= 0.3 is 5.97 Å². The average Bonchev–Trinajstić information content (AvgIpc) is 3.35. The van der Waals surface area contributed by atoms with Gasteiger partial charge < -0.3 is 14.9 Å². The molecule has 8 heteroatoms. The Hall–Kier alpha value is -3.26. The topological polar surface area (TPSA) is 86.6 Å². The SMILES string of the molecule is Cc1nc(C)c(-c2ccc3c(c2)CCN(Cc2cscn2)C3=O)c(N2CCC(C)(C)CC2)c1CC(=O)O. The van der Waals surface area contributed by atoms with Crippen molar-refractivity contribution in [3.8, 4) is 11.1 Å². The van der Waals surface area contributed by atoms with Gasteiger partial charge in [0.25, 0.3) is 5.91 Å². The number of hydrogen-bond acceptors (Lipinski definition) is 6. The Morgan fingerprint density at radius 2 is 1.89 bits per heavy atom. The first kappa shape index (κ1) is 25.4. The lowest BCUT2D eigenvalue weighted by molar-refractivity contribution is -0.136. The van der Waals surface area contributed by atoms with Gasteiger partial charge in [0.05, 0.1) is 29.9 Å². The molecule has 1 amide bonds. The van der Waals surface area contributed by atoms with Gasteiger partial charge in [-0.3, -0.25) is 14.6 Å². The number of carbonyl (C=O) groups excluding carboxylic acids is 1. The van der Waals surface area contributed by atoms with E-state index in [0.29, 0.717) is 13.1 Å². The van der Waals surface area contributed by atoms with E-state index < -0.39 is 5.97 Å². The summed E-state index contributed by atoms with van der Waals surface area (Å²) >= 11 is 1.54. The van der Waals surface area contributed by atoms with Gasteiger partial charge in [-0.1, -0.05) is 26.0 Å². The number of fused-ring (bicyclic) bond motifs is 1. The van der Waals surface area contributed by atoms with Crippen LogP contribution in [-0.2, 0) is 24.2 Å². The highest BCUT2D eigenvalue weighted by Gasteiger charge is 2.31. The third kappa shape index (κ3) is 5.12. The van der Waals surface area contributed by atoms with Crippen molar-refractivity contribution in [2.24, 2.45) is 5.41 Å². The quantitative estimate of drug-likeness (QED) is 0.478. The minimum atomic E-state index is -0.852. The molecule has 1 aromatic carbocycles. The molecule has 2 aliphatic rings. The standard InChI is InChI=1S/C29H34N4O3S/c1-18-24(14-25(34)35)27(32-11-8-29(3,4)9-12-32)26(19(2)31-18)21-5-6-23-20(13-21)7-10-33(28(23)36)15-22-16-37-17-30-22/h5-6,13,16-17H,7-12,14-15H2,1-4H3,(H,34,35). The van der Waals surface area contributed by atoms with Gasteiger partial charge in [-0.05, 0) is 55.7 Å². The number of amides is 1. The lowest BCUT2D eigenvalue weighted by Crippen LogP contribution is -2.38. The lowest BCUT2D eigenvalue weighted by Gasteiger charge is -2.40. The summed E-state index contributed by atoms with van der Waals surface area (Å²) in [6.07, 6.45) is 2.81. The van der Waals surface area contributed by atoms with E-state index in [1.165, 1.54) is 11.3 Å².